The minimum absolute atomic E-state index is 0.213. The summed E-state index contributed by atoms with van der Waals surface area (Å²) in [6.07, 6.45) is 0.758. The van der Waals surface area contributed by atoms with Gasteiger partial charge in [0.1, 0.15) is 36.6 Å². The lowest BCUT2D eigenvalue weighted by Gasteiger charge is -2.42. The number of rotatable bonds is 5. The highest BCUT2D eigenvalue weighted by Crippen LogP contribution is 2.46. The van der Waals surface area contributed by atoms with Crippen LogP contribution in [0.2, 0.25) is 0 Å². The van der Waals surface area contributed by atoms with Gasteiger partial charge in [-0.1, -0.05) is 13.3 Å². The first-order chi connectivity index (χ1) is 10.8. The highest BCUT2D eigenvalue weighted by atomic mass is 16.8. The second-order valence-corrected chi connectivity index (χ2v) is 7.52. The Kier molecular flexibility index (Phi) is 4.77. The first-order valence-electron chi connectivity index (χ1n) is 8.63. The van der Waals surface area contributed by atoms with E-state index in [4.69, 9.17) is 28.4 Å². The van der Waals surface area contributed by atoms with E-state index in [0.717, 1.165) is 12.8 Å². The summed E-state index contributed by atoms with van der Waals surface area (Å²) in [7, 11) is 1.69. The maximum Gasteiger partial charge on any atom is 0.164 e. The van der Waals surface area contributed by atoms with Gasteiger partial charge in [-0.3, -0.25) is 0 Å². The lowest BCUT2D eigenvalue weighted by Crippen LogP contribution is -2.62. The van der Waals surface area contributed by atoms with Crippen molar-refractivity contribution in [2.45, 2.75) is 95.7 Å². The van der Waals surface area contributed by atoms with E-state index in [2.05, 4.69) is 6.92 Å². The van der Waals surface area contributed by atoms with Gasteiger partial charge in [0, 0.05) is 13.7 Å². The Bertz CT molecular complexity index is 423. The molecule has 23 heavy (non-hydrogen) atoms. The minimum atomic E-state index is -0.662. The van der Waals surface area contributed by atoms with Gasteiger partial charge in [0.05, 0.1) is 0 Å². The second kappa shape index (κ2) is 6.24. The van der Waals surface area contributed by atoms with Crippen molar-refractivity contribution in [1.82, 2.24) is 0 Å². The van der Waals surface area contributed by atoms with Gasteiger partial charge in [-0.2, -0.15) is 0 Å². The molecule has 3 fully saturated rings. The van der Waals surface area contributed by atoms with Crippen LogP contribution in [-0.2, 0) is 28.4 Å². The first kappa shape index (κ1) is 17.6. The van der Waals surface area contributed by atoms with E-state index in [1.165, 1.54) is 0 Å². The summed E-state index contributed by atoms with van der Waals surface area (Å²) >= 11 is 0. The van der Waals surface area contributed by atoms with E-state index in [-0.39, 0.29) is 36.6 Å². The van der Waals surface area contributed by atoms with Gasteiger partial charge in [0.15, 0.2) is 11.6 Å². The molecular weight excluding hydrogens is 300 g/mol. The molecule has 0 aromatic rings. The Morgan fingerprint density at radius 2 is 1.26 bits per heavy atom. The van der Waals surface area contributed by atoms with Crippen molar-refractivity contribution in [1.29, 1.82) is 0 Å². The number of unbranched alkanes of at least 4 members (excludes halogenated alkanes) is 1. The molecule has 0 spiro atoms. The van der Waals surface area contributed by atoms with E-state index in [9.17, 15) is 0 Å². The molecule has 1 aliphatic carbocycles. The topological polar surface area (TPSA) is 55.4 Å². The van der Waals surface area contributed by atoms with Gasteiger partial charge in [0.2, 0.25) is 0 Å². The third-order valence-corrected chi connectivity index (χ3v) is 4.70. The maximum atomic E-state index is 6.14. The molecule has 134 valence electrons. The molecule has 0 N–H and O–H groups in total. The SMILES string of the molecule is CCCCOC1C(OC)C2OC(C)(C)OC2C2OC(C)(C)OC12. The van der Waals surface area contributed by atoms with Crippen LogP contribution in [0.5, 0.6) is 0 Å². The molecule has 0 aromatic heterocycles. The molecule has 6 unspecified atom stereocenters. The summed E-state index contributed by atoms with van der Waals surface area (Å²) in [5, 5.41) is 0. The van der Waals surface area contributed by atoms with Crippen LogP contribution < -0.4 is 0 Å². The lowest BCUT2D eigenvalue weighted by atomic mass is 9.84. The quantitative estimate of drug-likeness (QED) is 0.721. The molecule has 2 aliphatic heterocycles. The molecule has 0 amide bonds. The van der Waals surface area contributed by atoms with E-state index in [1.807, 2.05) is 27.7 Å². The normalized spacial score (nSPS) is 44.1. The van der Waals surface area contributed by atoms with Gasteiger partial charge < -0.3 is 28.4 Å². The monoisotopic (exact) mass is 330 g/mol. The number of hydrogen-bond acceptors (Lipinski definition) is 6. The van der Waals surface area contributed by atoms with Crippen molar-refractivity contribution in [3.05, 3.63) is 0 Å². The molecule has 0 bridgehead atoms. The fourth-order valence-electron chi connectivity index (χ4n) is 3.85. The molecule has 0 radical (unpaired) electrons. The van der Waals surface area contributed by atoms with Crippen LogP contribution in [0.25, 0.3) is 0 Å². The Labute approximate surface area is 138 Å². The fourth-order valence-corrected chi connectivity index (χ4v) is 3.85. The van der Waals surface area contributed by atoms with Crippen LogP contribution >= 0.6 is 0 Å². The standard InChI is InChI=1S/C17H30O6/c1-7-8-9-19-11-10(18-6)12-14(22-16(2,3)20-12)15-13(11)21-17(4,5)23-15/h10-15H,7-9H2,1-6H3. The zero-order chi connectivity index (χ0) is 16.8. The smallest absolute Gasteiger partial charge is 0.164 e. The van der Waals surface area contributed by atoms with Crippen LogP contribution in [-0.4, -0.2) is 61.9 Å². The number of fused-ring (bicyclic) bond motifs is 3. The van der Waals surface area contributed by atoms with Crippen molar-refractivity contribution in [3.8, 4) is 0 Å². The Balaban J connectivity index is 1.86. The summed E-state index contributed by atoms with van der Waals surface area (Å²) in [6.45, 7) is 10.5. The molecule has 2 saturated heterocycles. The third-order valence-electron chi connectivity index (χ3n) is 4.70. The average Bonchev–Trinajstić information content (AvgIpc) is 2.94. The van der Waals surface area contributed by atoms with Crippen molar-refractivity contribution >= 4 is 0 Å². The average molecular weight is 330 g/mol. The molecule has 6 atom stereocenters. The molecule has 3 aliphatic rings. The molecule has 6 nitrogen and oxygen atoms in total. The zero-order valence-electron chi connectivity index (χ0n) is 15.0. The zero-order valence-corrected chi connectivity index (χ0v) is 15.0. The Hall–Kier alpha value is -0.240. The van der Waals surface area contributed by atoms with Gasteiger partial charge in [-0.05, 0) is 34.1 Å². The summed E-state index contributed by atoms with van der Waals surface area (Å²) in [5.74, 6) is -1.32. The van der Waals surface area contributed by atoms with E-state index >= 15 is 0 Å². The fraction of sp³-hybridized carbons (Fsp3) is 1.00. The van der Waals surface area contributed by atoms with Gasteiger partial charge in [-0.25, -0.2) is 0 Å². The summed E-state index contributed by atoms with van der Waals surface area (Å²) in [4.78, 5) is 0. The van der Waals surface area contributed by atoms with Crippen LogP contribution in [0.3, 0.4) is 0 Å². The van der Waals surface area contributed by atoms with Crippen LogP contribution in [0.4, 0.5) is 0 Å². The first-order valence-corrected chi connectivity index (χ1v) is 8.63. The van der Waals surface area contributed by atoms with Crippen LogP contribution in [0.1, 0.15) is 47.5 Å². The van der Waals surface area contributed by atoms with Crippen LogP contribution in [0, 0.1) is 0 Å². The number of ether oxygens (including phenoxy) is 6. The van der Waals surface area contributed by atoms with E-state index < -0.39 is 11.6 Å². The third kappa shape index (κ3) is 3.30. The van der Waals surface area contributed by atoms with Crippen molar-refractivity contribution in [2.75, 3.05) is 13.7 Å². The molecule has 2 heterocycles. The lowest BCUT2D eigenvalue weighted by molar-refractivity contribution is -0.200. The van der Waals surface area contributed by atoms with Gasteiger partial charge >= 0.3 is 0 Å². The minimum Gasteiger partial charge on any atom is -0.376 e. The molecule has 1 saturated carbocycles. The highest BCUT2D eigenvalue weighted by molar-refractivity contribution is 5.08. The predicted molar refractivity (Wildman–Crippen MR) is 83.1 cm³/mol. The Morgan fingerprint density at radius 1 is 0.783 bits per heavy atom. The molecular formula is C17H30O6. The van der Waals surface area contributed by atoms with Gasteiger partial charge in [0.25, 0.3) is 0 Å². The van der Waals surface area contributed by atoms with Gasteiger partial charge in [-0.15, -0.1) is 0 Å². The second-order valence-electron chi connectivity index (χ2n) is 7.52. The number of methoxy groups -OCH3 is 1. The van der Waals surface area contributed by atoms with E-state index in [1.54, 1.807) is 7.11 Å². The summed E-state index contributed by atoms with van der Waals surface area (Å²) in [6, 6.07) is 0. The largest absolute Gasteiger partial charge is 0.376 e. The Morgan fingerprint density at radius 3 is 1.74 bits per heavy atom. The van der Waals surface area contributed by atoms with Crippen molar-refractivity contribution < 1.29 is 28.4 Å². The predicted octanol–water partition coefficient (Wildman–Crippen LogP) is 2.24. The molecule has 0 aromatic carbocycles. The summed E-state index contributed by atoms with van der Waals surface area (Å²) in [5.41, 5.74) is 0. The number of hydrogen-bond donors (Lipinski definition) is 0. The van der Waals surface area contributed by atoms with Crippen molar-refractivity contribution in [2.24, 2.45) is 0 Å². The maximum absolute atomic E-state index is 6.14. The van der Waals surface area contributed by atoms with Crippen LogP contribution in [0.15, 0.2) is 0 Å². The van der Waals surface area contributed by atoms with Crippen molar-refractivity contribution in [3.63, 3.8) is 0 Å². The molecule has 3 rings (SSSR count). The van der Waals surface area contributed by atoms with E-state index in [0.29, 0.717) is 6.61 Å². The highest BCUT2D eigenvalue weighted by Gasteiger charge is 2.64. The summed E-state index contributed by atoms with van der Waals surface area (Å²) < 4.78 is 36.4. The molecule has 6 heteroatoms.